The molecule has 4 bridgehead atoms. The minimum atomic E-state index is 0.560. The molecular formula is C21H38N4O2. The quantitative estimate of drug-likeness (QED) is 0.492. The fraction of sp³-hybridized carbons (Fsp3) is 1.00. The Balaban J connectivity index is 0.0000000796. The van der Waals surface area contributed by atoms with Crippen LogP contribution < -0.4 is 21.3 Å². The molecule has 2 aliphatic carbocycles. The molecule has 4 N–H and O–H groups in total. The zero-order chi connectivity index (χ0) is 18.1. The largest absolute Gasteiger partial charge is 0.378 e. The summed E-state index contributed by atoms with van der Waals surface area (Å²) >= 11 is 0. The van der Waals surface area contributed by atoms with Crippen LogP contribution in [0, 0.1) is 17.8 Å². The second-order valence-electron chi connectivity index (χ2n) is 9.73. The van der Waals surface area contributed by atoms with Gasteiger partial charge in [0.1, 0.15) is 0 Å². The van der Waals surface area contributed by atoms with Crippen molar-refractivity contribution >= 4 is 0 Å². The Labute approximate surface area is 163 Å². The van der Waals surface area contributed by atoms with Crippen LogP contribution in [0.1, 0.15) is 38.5 Å². The van der Waals surface area contributed by atoms with Crippen LogP contribution in [-0.2, 0) is 9.47 Å². The maximum Gasteiger partial charge on any atom is 0.0716 e. The zero-order valence-corrected chi connectivity index (χ0v) is 16.6. The van der Waals surface area contributed by atoms with Gasteiger partial charge in [-0.05, 0) is 75.9 Å². The molecule has 8 fully saturated rings. The van der Waals surface area contributed by atoms with Gasteiger partial charge in [0.25, 0.3) is 0 Å². The van der Waals surface area contributed by atoms with E-state index < -0.39 is 0 Å². The highest BCUT2D eigenvalue weighted by molar-refractivity contribution is 4.98. The Bertz CT molecular complexity index is 425. The fourth-order valence-corrected chi connectivity index (χ4v) is 5.34. The van der Waals surface area contributed by atoms with E-state index in [9.17, 15) is 0 Å². The molecule has 0 aromatic carbocycles. The summed E-state index contributed by atoms with van der Waals surface area (Å²) in [7, 11) is 0. The molecule has 27 heavy (non-hydrogen) atoms. The molecule has 154 valence electrons. The average molecular weight is 379 g/mol. The van der Waals surface area contributed by atoms with E-state index in [4.69, 9.17) is 9.47 Å². The summed E-state index contributed by atoms with van der Waals surface area (Å²) in [6.07, 6.45) is 8.90. The second kappa shape index (κ2) is 8.64. The van der Waals surface area contributed by atoms with Crippen molar-refractivity contribution in [2.24, 2.45) is 17.8 Å². The van der Waals surface area contributed by atoms with Gasteiger partial charge in [-0.1, -0.05) is 0 Å². The first-order valence-corrected chi connectivity index (χ1v) is 11.5. The Hall–Kier alpha value is -0.240. The number of piperidine rings is 2. The van der Waals surface area contributed by atoms with E-state index in [1.807, 2.05) is 0 Å². The molecule has 6 heteroatoms. The van der Waals surface area contributed by atoms with Crippen LogP contribution in [0.3, 0.4) is 0 Å². The molecule has 8 rings (SSSR count). The SMILES string of the molecule is C1CC2COCC1N2.C1C[C@H]2C[C@H]2N1.C1NC[C@H]2C[C@@H]12.C1O[C@@H]2CN[C@H]1C2. The molecule has 6 nitrogen and oxygen atoms in total. The van der Waals surface area contributed by atoms with Crippen LogP contribution >= 0.6 is 0 Å². The van der Waals surface area contributed by atoms with Crippen molar-refractivity contribution in [2.75, 3.05) is 46.0 Å². The number of nitrogens with one attached hydrogen (secondary N) is 4. The Morgan fingerprint density at radius 3 is 1.74 bits per heavy atom. The lowest BCUT2D eigenvalue weighted by atomic mass is 10.2. The number of fused-ring (bicyclic) bond motifs is 6. The molecule has 0 amide bonds. The van der Waals surface area contributed by atoms with E-state index in [1.54, 1.807) is 0 Å². The van der Waals surface area contributed by atoms with Gasteiger partial charge in [0.15, 0.2) is 0 Å². The van der Waals surface area contributed by atoms with Gasteiger partial charge in [0.05, 0.1) is 25.9 Å². The van der Waals surface area contributed by atoms with Crippen molar-refractivity contribution < 1.29 is 9.47 Å². The zero-order valence-electron chi connectivity index (χ0n) is 16.6. The lowest BCUT2D eigenvalue weighted by Crippen LogP contribution is -2.41. The predicted octanol–water partition coefficient (Wildman–Crippen LogP) is 0.478. The van der Waals surface area contributed by atoms with Crippen molar-refractivity contribution in [3.05, 3.63) is 0 Å². The second-order valence-corrected chi connectivity index (χ2v) is 9.73. The van der Waals surface area contributed by atoms with Crippen LogP contribution in [0.5, 0.6) is 0 Å². The minimum absolute atomic E-state index is 0.560. The molecule has 0 aromatic heterocycles. The first kappa shape index (κ1) is 18.8. The predicted molar refractivity (Wildman–Crippen MR) is 106 cm³/mol. The summed E-state index contributed by atoms with van der Waals surface area (Å²) < 4.78 is 10.6. The summed E-state index contributed by atoms with van der Waals surface area (Å²) in [6, 6.07) is 3.04. The first-order valence-electron chi connectivity index (χ1n) is 11.5. The third-order valence-corrected chi connectivity index (χ3v) is 7.41. The summed E-state index contributed by atoms with van der Waals surface area (Å²) in [5, 5.41) is 13.5. The van der Waals surface area contributed by atoms with Crippen LogP contribution in [0.25, 0.3) is 0 Å². The van der Waals surface area contributed by atoms with Gasteiger partial charge in [-0.25, -0.2) is 0 Å². The Morgan fingerprint density at radius 2 is 1.48 bits per heavy atom. The standard InChI is InChI=1S/C6H11NO.C5H9NO.2C5H9N/c1-2-6-4-8-3-5(1)7-6;1-4-3-7-5(1)2-6-4;1-4-2-6-3-5(1)4;1-2-6-5-3-4(1)5/h5-7H,1-4H2;4-6H,1-3H2;2*4-6H,1-3H2/t;4-,5-;2*4-,5+/m.0.0/s1. The van der Waals surface area contributed by atoms with Crippen LogP contribution in [-0.4, -0.2) is 76.3 Å². The highest BCUT2D eigenvalue weighted by Crippen LogP contribution is 2.40. The van der Waals surface area contributed by atoms with Gasteiger partial charge < -0.3 is 30.7 Å². The van der Waals surface area contributed by atoms with E-state index in [-0.39, 0.29) is 0 Å². The highest BCUT2D eigenvalue weighted by Gasteiger charge is 2.41. The first-order chi connectivity index (χ1) is 13.3. The third kappa shape index (κ3) is 5.22. The van der Waals surface area contributed by atoms with E-state index >= 15 is 0 Å². The van der Waals surface area contributed by atoms with Gasteiger partial charge in [-0.2, -0.15) is 0 Å². The Morgan fingerprint density at radius 1 is 0.667 bits per heavy atom. The van der Waals surface area contributed by atoms with Gasteiger partial charge >= 0.3 is 0 Å². The summed E-state index contributed by atoms with van der Waals surface area (Å²) in [4.78, 5) is 0. The van der Waals surface area contributed by atoms with Gasteiger partial charge in [0.2, 0.25) is 0 Å². The van der Waals surface area contributed by atoms with Gasteiger partial charge in [-0.15, -0.1) is 0 Å². The van der Waals surface area contributed by atoms with Crippen LogP contribution in [0.4, 0.5) is 0 Å². The van der Waals surface area contributed by atoms with Crippen molar-refractivity contribution in [1.29, 1.82) is 0 Å². The van der Waals surface area contributed by atoms with E-state index in [2.05, 4.69) is 21.3 Å². The summed E-state index contributed by atoms with van der Waals surface area (Å²) in [5.41, 5.74) is 0. The molecule has 0 radical (unpaired) electrons. The van der Waals surface area contributed by atoms with Crippen LogP contribution in [0.15, 0.2) is 0 Å². The van der Waals surface area contributed by atoms with Gasteiger partial charge in [-0.3, -0.25) is 0 Å². The molecule has 0 aromatic rings. The Kier molecular flexibility index (Phi) is 6.00. The molecule has 2 unspecified atom stereocenters. The molecule has 2 saturated carbocycles. The highest BCUT2D eigenvalue weighted by atomic mass is 16.5. The molecule has 8 atom stereocenters. The topological polar surface area (TPSA) is 66.6 Å². The molecule has 0 spiro atoms. The monoisotopic (exact) mass is 378 g/mol. The van der Waals surface area contributed by atoms with Crippen molar-refractivity contribution in [3.63, 3.8) is 0 Å². The number of rotatable bonds is 0. The summed E-state index contributed by atoms with van der Waals surface area (Å²) in [5.74, 6) is 3.31. The summed E-state index contributed by atoms with van der Waals surface area (Å²) in [6.45, 7) is 7.83. The minimum Gasteiger partial charge on any atom is -0.378 e. The number of hydrogen-bond acceptors (Lipinski definition) is 6. The molecule has 6 saturated heterocycles. The van der Waals surface area contributed by atoms with E-state index in [1.165, 1.54) is 58.2 Å². The van der Waals surface area contributed by atoms with Crippen molar-refractivity contribution in [2.45, 2.75) is 68.8 Å². The lowest BCUT2D eigenvalue weighted by molar-refractivity contribution is 0.0728. The maximum atomic E-state index is 5.29. The van der Waals surface area contributed by atoms with E-state index in [0.717, 1.165) is 50.2 Å². The number of hydrogen-bond donors (Lipinski definition) is 4. The third-order valence-electron chi connectivity index (χ3n) is 7.41. The number of ether oxygens (including phenoxy) is 2. The number of morpholine rings is 2. The molecule has 6 heterocycles. The smallest absolute Gasteiger partial charge is 0.0716 e. The van der Waals surface area contributed by atoms with Crippen LogP contribution in [0.2, 0.25) is 0 Å². The fourth-order valence-electron chi connectivity index (χ4n) is 5.34. The normalized spacial score (nSPS) is 48.9. The molecule has 8 aliphatic rings. The van der Waals surface area contributed by atoms with E-state index in [0.29, 0.717) is 24.2 Å². The molecular weight excluding hydrogens is 340 g/mol. The average Bonchev–Trinajstić information content (AvgIpc) is 3.26. The maximum absolute atomic E-state index is 5.29. The van der Waals surface area contributed by atoms with Crippen molar-refractivity contribution in [3.8, 4) is 0 Å². The molecule has 6 aliphatic heterocycles. The lowest BCUT2D eigenvalue weighted by Gasteiger charge is -2.20. The van der Waals surface area contributed by atoms with Crippen molar-refractivity contribution in [1.82, 2.24) is 21.3 Å². The van der Waals surface area contributed by atoms with Gasteiger partial charge in [0, 0.05) is 30.7 Å².